The van der Waals surface area contributed by atoms with Crippen LogP contribution in [-0.4, -0.2) is 11.7 Å². The zero-order valence-corrected chi connectivity index (χ0v) is 11.9. The molecule has 0 heterocycles. The van der Waals surface area contributed by atoms with E-state index in [0.717, 1.165) is 17.0 Å². The van der Waals surface area contributed by atoms with Gasteiger partial charge in [-0.25, -0.2) is 8.78 Å². The highest BCUT2D eigenvalue weighted by molar-refractivity contribution is 7.99. The van der Waals surface area contributed by atoms with Crippen molar-refractivity contribution >= 4 is 23.4 Å². The molecule has 0 spiro atoms. The van der Waals surface area contributed by atoms with Crippen molar-refractivity contribution in [3.05, 3.63) is 72.3 Å². The highest BCUT2D eigenvalue weighted by atomic mass is 32.2. The molecule has 0 bridgehead atoms. The quantitative estimate of drug-likeness (QED) is 0.651. The van der Waals surface area contributed by atoms with Crippen molar-refractivity contribution in [1.29, 1.82) is 0 Å². The lowest BCUT2D eigenvalue weighted by Gasteiger charge is -2.10. The van der Waals surface area contributed by atoms with Crippen molar-refractivity contribution in [3.8, 4) is 0 Å². The van der Waals surface area contributed by atoms with Gasteiger partial charge < -0.3 is 5.32 Å². The number of thioether (sulfide) groups is 1. The minimum absolute atomic E-state index is 0.0510. The van der Waals surface area contributed by atoms with Crippen LogP contribution in [0, 0.1) is 11.6 Å². The molecule has 0 aliphatic rings. The van der Waals surface area contributed by atoms with Crippen LogP contribution in [0.5, 0.6) is 0 Å². The monoisotopic (exact) mass is 305 g/mol. The van der Waals surface area contributed by atoms with Gasteiger partial charge in [0.15, 0.2) is 0 Å². The molecule has 21 heavy (non-hydrogen) atoms. The smallest absolute Gasteiger partial charge is 0.256 e. The van der Waals surface area contributed by atoms with Crippen LogP contribution in [0.15, 0.2) is 60.0 Å². The lowest BCUT2D eigenvalue weighted by atomic mass is 10.2. The highest BCUT2D eigenvalue weighted by Crippen LogP contribution is 2.24. The fourth-order valence-electron chi connectivity index (χ4n) is 1.71. The van der Waals surface area contributed by atoms with Crippen molar-refractivity contribution < 1.29 is 13.6 Å². The predicted octanol–water partition coefficient (Wildman–Crippen LogP) is 4.50. The molecular formula is C16H13F2NOS. The van der Waals surface area contributed by atoms with Gasteiger partial charge in [-0.15, -0.1) is 18.3 Å². The Morgan fingerprint density at radius 1 is 1.24 bits per heavy atom. The van der Waals surface area contributed by atoms with Crippen molar-refractivity contribution in [1.82, 2.24) is 0 Å². The number of nitrogens with one attached hydrogen (secondary N) is 1. The first-order chi connectivity index (χ1) is 10.1. The predicted molar refractivity (Wildman–Crippen MR) is 81.7 cm³/mol. The lowest BCUT2D eigenvalue weighted by molar-refractivity contribution is 0.102. The molecule has 0 radical (unpaired) electrons. The second-order valence-electron chi connectivity index (χ2n) is 4.17. The molecule has 0 aliphatic heterocycles. The van der Waals surface area contributed by atoms with Gasteiger partial charge in [0.1, 0.15) is 11.6 Å². The SMILES string of the molecule is C=CCSc1ccccc1C(=O)Nc1ccc(F)cc1F. The summed E-state index contributed by atoms with van der Waals surface area (Å²) in [5.41, 5.74) is 0.387. The van der Waals surface area contributed by atoms with E-state index >= 15 is 0 Å². The summed E-state index contributed by atoms with van der Waals surface area (Å²) in [6.45, 7) is 3.63. The molecule has 1 N–H and O–H groups in total. The van der Waals surface area contributed by atoms with Crippen LogP contribution in [0.25, 0.3) is 0 Å². The largest absolute Gasteiger partial charge is 0.319 e. The maximum absolute atomic E-state index is 13.6. The number of hydrogen-bond donors (Lipinski definition) is 1. The van der Waals surface area contributed by atoms with E-state index in [2.05, 4.69) is 11.9 Å². The minimum Gasteiger partial charge on any atom is -0.319 e. The fourth-order valence-corrected chi connectivity index (χ4v) is 2.50. The van der Waals surface area contributed by atoms with Crippen molar-refractivity contribution in [2.45, 2.75) is 4.90 Å². The van der Waals surface area contributed by atoms with Crippen LogP contribution < -0.4 is 5.32 Å². The van der Waals surface area contributed by atoms with Gasteiger partial charge in [-0.1, -0.05) is 18.2 Å². The summed E-state index contributed by atoms with van der Waals surface area (Å²) >= 11 is 1.46. The zero-order valence-electron chi connectivity index (χ0n) is 11.1. The Kier molecular flexibility index (Phi) is 5.11. The Balaban J connectivity index is 2.22. The van der Waals surface area contributed by atoms with Crippen molar-refractivity contribution in [2.75, 3.05) is 11.1 Å². The maximum atomic E-state index is 13.6. The molecule has 1 amide bonds. The van der Waals surface area contributed by atoms with E-state index in [1.807, 2.05) is 12.1 Å². The summed E-state index contributed by atoms with van der Waals surface area (Å²) in [6, 6.07) is 10.0. The average Bonchev–Trinajstić information content (AvgIpc) is 2.48. The molecule has 2 nitrogen and oxygen atoms in total. The highest BCUT2D eigenvalue weighted by Gasteiger charge is 2.13. The summed E-state index contributed by atoms with van der Waals surface area (Å²) in [6.07, 6.45) is 1.74. The zero-order chi connectivity index (χ0) is 15.2. The second-order valence-corrected chi connectivity index (χ2v) is 5.24. The minimum atomic E-state index is -0.806. The van der Waals surface area contributed by atoms with Crippen LogP contribution in [0.1, 0.15) is 10.4 Å². The molecule has 2 rings (SSSR count). The number of carbonyl (C=O) groups is 1. The number of rotatable bonds is 5. The molecule has 0 atom stereocenters. The first kappa shape index (κ1) is 15.3. The number of amides is 1. The number of carbonyl (C=O) groups excluding carboxylic acids is 1. The summed E-state index contributed by atoms with van der Waals surface area (Å²) in [5.74, 6) is -1.27. The third-order valence-electron chi connectivity index (χ3n) is 2.67. The van der Waals surface area contributed by atoms with Crippen LogP contribution in [0.2, 0.25) is 0 Å². The van der Waals surface area contributed by atoms with E-state index in [-0.39, 0.29) is 5.69 Å². The normalized spacial score (nSPS) is 10.2. The summed E-state index contributed by atoms with van der Waals surface area (Å²) in [5, 5.41) is 2.45. The topological polar surface area (TPSA) is 29.1 Å². The molecule has 0 aromatic heterocycles. The van der Waals surface area contributed by atoms with Crippen molar-refractivity contribution in [2.24, 2.45) is 0 Å². The van der Waals surface area contributed by atoms with Crippen LogP contribution in [0.3, 0.4) is 0 Å². The maximum Gasteiger partial charge on any atom is 0.256 e. The van der Waals surface area contributed by atoms with Crippen molar-refractivity contribution in [3.63, 3.8) is 0 Å². The van der Waals surface area contributed by atoms with Gasteiger partial charge in [0.25, 0.3) is 5.91 Å². The van der Waals surface area contributed by atoms with E-state index in [1.54, 1.807) is 18.2 Å². The van der Waals surface area contributed by atoms with Crippen LogP contribution in [-0.2, 0) is 0 Å². The standard InChI is InChI=1S/C16H13F2NOS/c1-2-9-21-15-6-4-3-5-12(15)16(20)19-14-8-7-11(17)10-13(14)18/h2-8,10H,1,9H2,(H,19,20). The summed E-state index contributed by atoms with van der Waals surface area (Å²) in [7, 11) is 0. The summed E-state index contributed by atoms with van der Waals surface area (Å²) in [4.78, 5) is 13.0. The van der Waals surface area contributed by atoms with E-state index in [0.29, 0.717) is 11.3 Å². The number of hydrogen-bond acceptors (Lipinski definition) is 2. The molecule has 0 saturated heterocycles. The fraction of sp³-hybridized carbons (Fsp3) is 0.0625. The van der Waals surface area contributed by atoms with Gasteiger partial charge in [-0.05, 0) is 24.3 Å². The Labute approximate surface area is 125 Å². The molecule has 0 fully saturated rings. The molecule has 2 aromatic carbocycles. The Morgan fingerprint density at radius 2 is 2.00 bits per heavy atom. The second kappa shape index (κ2) is 7.04. The van der Waals surface area contributed by atoms with Crippen LogP contribution >= 0.6 is 11.8 Å². The number of halogens is 2. The summed E-state index contributed by atoms with van der Waals surface area (Å²) < 4.78 is 26.4. The number of benzene rings is 2. The van der Waals surface area contributed by atoms with Gasteiger partial charge in [-0.2, -0.15) is 0 Å². The third-order valence-corrected chi connectivity index (χ3v) is 3.74. The number of anilines is 1. The van der Waals surface area contributed by atoms with E-state index in [1.165, 1.54) is 17.8 Å². The van der Waals surface area contributed by atoms with Gasteiger partial charge >= 0.3 is 0 Å². The molecular weight excluding hydrogens is 292 g/mol. The molecule has 108 valence electrons. The first-order valence-electron chi connectivity index (χ1n) is 6.21. The molecule has 0 saturated carbocycles. The van der Waals surface area contributed by atoms with Gasteiger partial charge in [0, 0.05) is 16.7 Å². The van der Waals surface area contributed by atoms with Gasteiger partial charge in [0.2, 0.25) is 0 Å². The molecule has 2 aromatic rings. The molecule has 5 heteroatoms. The molecule has 0 aliphatic carbocycles. The van der Waals surface area contributed by atoms with E-state index in [9.17, 15) is 13.6 Å². The Morgan fingerprint density at radius 3 is 2.71 bits per heavy atom. The average molecular weight is 305 g/mol. The Bertz CT molecular complexity index is 673. The first-order valence-corrected chi connectivity index (χ1v) is 7.19. The molecule has 0 unspecified atom stereocenters. The lowest BCUT2D eigenvalue weighted by Crippen LogP contribution is -2.14. The van der Waals surface area contributed by atoms with E-state index in [4.69, 9.17) is 0 Å². The van der Waals surface area contributed by atoms with Gasteiger partial charge in [0.05, 0.1) is 11.3 Å². The Hall–Kier alpha value is -2.14. The van der Waals surface area contributed by atoms with Gasteiger partial charge in [-0.3, -0.25) is 4.79 Å². The third kappa shape index (κ3) is 3.92. The van der Waals surface area contributed by atoms with Crippen LogP contribution in [0.4, 0.5) is 14.5 Å². The van der Waals surface area contributed by atoms with E-state index < -0.39 is 17.5 Å².